The van der Waals surface area contributed by atoms with Crippen LogP contribution in [0.15, 0.2) is 12.1 Å². The summed E-state index contributed by atoms with van der Waals surface area (Å²) in [4.78, 5) is 0. The molecule has 4 nitrogen and oxygen atoms in total. The molecule has 2 rings (SSSR count). The largest absolute Gasteiger partial charge is 0.493 e. The first-order valence-corrected chi connectivity index (χ1v) is 6.91. The fourth-order valence-corrected chi connectivity index (χ4v) is 1.94. The van der Waals surface area contributed by atoms with E-state index in [4.69, 9.17) is 19.9 Å². The van der Waals surface area contributed by atoms with E-state index in [2.05, 4.69) is 20.8 Å². The van der Waals surface area contributed by atoms with Gasteiger partial charge in [-0.1, -0.05) is 20.8 Å². The molecule has 2 N–H and O–H groups in total. The standard InChI is InChI=1S/C15H23NO3/c1-4-12(16)5-11-6-14-15(19-9-18-14)7-13(11)17-8-10(2)3/h6-7,10,12H,4-5,8-9,16H2,1-3H3. The Hall–Kier alpha value is -1.42. The number of nitrogens with two attached hydrogens (primary N) is 1. The highest BCUT2D eigenvalue weighted by Gasteiger charge is 2.19. The quantitative estimate of drug-likeness (QED) is 0.859. The van der Waals surface area contributed by atoms with Crippen molar-refractivity contribution in [3.63, 3.8) is 0 Å². The molecule has 0 aliphatic carbocycles. The van der Waals surface area contributed by atoms with Crippen LogP contribution < -0.4 is 19.9 Å². The fraction of sp³-hybridized carbons (Fsp3) is 0.600. The van der Waals surface area contributed by atoms with Crippen LogP contribution in [-0.4, -0.2) is 19.4 Å². The van der Waals surface area contributed by atoms with Crippen molar-refractivity contribution in [1.82, 2.24) is 0 Å². The molecule has 1 atom stereocenters. The summed E-state index contributed by atoms with van der Waals surface area (Å²) in [5.41, 5.74) is 7.14. The molecule has 0 spiro atoms. The van der Waals surface area contributed by atoms with E-state index < -0.39 is 0 Å². The minimum absolute atomic E-state index is 0.141. The van der Waals surface area contributed by atoms with Crippen molar-refractivity contribution >= 4 is 0 Å². The smallest absolute Gasteiger partial charge is 0.231 e. The lowest BCUT2D eigenvalue weighted by molar-refractivity contribution is 0.173. The van der Waals surface area contributed by atoms with Crippen LogP contribution in [0.25, 0.3) is 0 Å². The van der Waals surface area contributed by atoms with Gasteiger partial charge in [-0.15, -0.1) is 0 Å². The minimum Gasteiger partial charge on any atom is -0.493 e. The topological polar surface area (TPSA) is 53.7 Å². The van der Waals surface area contributed by atoms with Gasteiger partial charge in [0.25, 0.3) is 0 Å². The van der Waals surface area contributed by atoms with Crippen LogP contribution in [0.3, 0.4) is 0 Å². The van der Waals surface area contributed by atoms with E-state index in [1.54, 1.807) is 0 Å². The van der Waals surface area contributed by atoms with E-state index in [1.165, 1.54) is 0 Å². The molecule has 4 heteroatoms. The Bertz CT molecular complexity index is 432. The maximum absolute atomic E-state index is 6.05. The molecule has 1 unspecified atom stereocenters. The average Bonchev–Trinajstić information content (AvgIpc) is 2.82. The van der Waals surface area contributed by atoms with E-state index in [0.29, 0.717) is 12.5 Å². The highest BCUT2D eigenvalue weighted by atomic mass is 16.7. The van der Waals surface area contributed by atoms with Gasteiger partial charge in [0.1, 0.15) is 5.75 Å². The molecule has 19 heavy (non-hydrogen) atoms. The molecule has 0 bridgehead atoms. The molecule has 0 saturated heterocycles. The minimum atomic E-state index is 0.141. The van der Waals surface area contributed by atoms with Gasteiger partial charge < -0.3 is 19.9 Å². The van der Waals surface area contributed by atoms with Crippen LogP contribution >= 0.6 is 0 Å². The van der Waals surface area contributed by atoms with Crippen molar-refractivity contribution in [2.75, 3.05) is 13.4 Å². The summed E-state index contributed by atoms with van der Waals surface area (Å²) in [7, 11) is 0. The zero-order valence-electron chi connectivity index (χ0n) is 11.9. The Kier molecular flexibility index (Phi) is 4.53. The van der Waals surface area contributed by atoms with Crippen LogP contribution in [0.1, 0.15) is 32.8 Å². The summed E-state index contributed by atoms with van der Waals surface area (Å²) in [6.45, 7) is 7.32. The molecule has 0 saturated carbocycles. The molecule has 1 aromatic rings. The first kappa shape index (κ1) is 14.0. The van der Waals surface area contributed by atoms with Gasteiger partial charge in [-0.2, -0.15) is 0 Å². The van der Waals surface area contributed by atoms with Gasteiger partial charge in [-0.05, 0) is 30.4 Å². The van der Waals surface area contributed by atoms with E-state index in [9.17, 15) is 0 Å². The van der Waals surface area contributed by atoms with Gasteiger partial charge in [0.2, 0.25) is 6.79 Å². The number of rotatable bonds is 6. The molecule has 0 amide bonds. The summed E-state index contributed by atoms with van der Waals surface area (Å²) < 4.78 is 16.7. The Balaban J connectivity index is 2.21. The predicted octanol–water partition coefficient (Wildman–Crippen LogP) is 2.73. The number of ether oxygens (including phenoxy) is 3. The zero-order valence-corrected chi connectivity index (χ0v) is 11.9. The number of fused-ring (bicyclic) bond motifs is 1. The van der Waals surface area contributed by atoms with Gasteiger partial charge in [-0.3, -0.25) is 0 Å². The van der Waals surface area contributed by atoms with Gasteiger partial charge in [-0.25, -0.2) is 0 Å². The Labute approximate surface area is 114 Å². The second kappa shape index (κ2) is 6.15. The Morgan fingerprint density at radius 2 is 1.95 bits per heavy atom. The van der Waals surface area contributed by atoms with E-state index in [1.807, 2.05) is 12.1 Å². The number of hydrogen-bond donors (Lipinski definition) is 1. The maximum atomic E-state index is 6.05. The number of hydrogen-bond acceptors (Lipinski definition) is 4. The maximum Gasteiger partial charge on any atom is 0.231 e. The SMILES string of the molecule is CCC(N)Cc1cc2c(cc1OCC(C)C)OCO2. The molecule has 0 aromatic heterocycles. The van der Waals surface area contributed by atoms with Gasteiger partial charge in [0, 0.05) is 12.1 Å². The van der Waals surface area contributed by atoms with Gasteiger partial charge >= 0.3 is 0 Å². The van der Waals surface area contributed by atoms with Crippen molar-refractivity contribution < 1.29 is 14.2 Å². The van der Waals surface area contributed by atoms with Crippen LogP contribution in [0.2, 0.25) is 0 Å². The van der Waals surface area contributed by atoms with Gasteiger partial charge in [0.05, 0.1) is 6.61 Å². The summed E-state index contributed by atoms with van der Waals surface area (Å²) in [5, 5.41) is 0. The zero-order chi connectivity index (χ0) is 13.8. The van der Waals surface area contributed by atoms with E-state index in [0.717, 1.165) is 35.7 Å². The molecular weight excluding hydrogens is 242 g/mol. The van der Waals surface area contributed by atoms with Crippen LogP contribution in [0, 0.1) is 5.92 Å². The summed E-state index contributed by atoms with van der Waals surface area (Å²) in [6, 6.07) is 4.05. The summed E-state index contributed by atoms with van der Waals surface area (Å²) in [6.07, 6.45) is 1.73. The van der Waals surface area contributed by atoms with Crippen molar-refractivity contribution in [2.45, 2.75) is 39.7 Å². The lowest BCUT2D eigenvalue weighted by Gasteiger charge is -2.16. The average molecular weight is 265 g/mol. The van der Waals surface area contributed by atoms with Gasteiger partial charge in [0.15, 0.2) is 11.5 Å². The molecule has 1 aromatic carbocycles. The third-order valence-electron chi connectivity index (χ3n) is 3.13. The van der Waals surface area contributed by atoms with E-state index >= 15 is 0 Å². The highest BCUT2D eigenvalue weighted by molar-refractivity contribution is 5.52. The van der Waals surface area contributed by atoms with Crippen LogP contribution in [-0.2, 0) is 6.42 Å². The molecular formula is C15H23NO3. The second-order valence-corrected chi connectivity index (χ2v) is 5.39. The normalized spacial score (nSPS) is 14.8. The molecule has 1 heterocycles. The lowest BCUT2D eigenvalue weighted by Crippen LogP contribution is -2.22. The predicted molar refractivity (Wildman–Crippen MR) is 74.9 cm³/mol. The van der Waals surface area contributed by atoms with Crippen molar-refractivity contribution in [3.05, 3.63) is 17.7 Å². The molecule has 0 radical (unpaired) electrons. The van der Waals surface area contributed by atoms with Crippen molar-refractivity contribution in [2.24, 2.45) is 11.7 Å². The third-order valence-corrected chi connectivity index (χ3v) is 3.13. The first-order chi connectivity index (χ1) is 9.10. The monoisotopic (exact) mass is 265 g/mol. The Morgan fingerprint density at radius 3 is 2.58 bits per heavy atom. The highest BCUT2D eigenvalue weighted by Crippen LogP contribution is 2.38. The lowest BCUT2D eigenvalue weighted by atomic mass is 10.0. The first-order valence-electron chi connectivity index (χ1n) is 6.91. The molecule has 0 fully saturated rings. The molecule has 106 valence electrons. The van der Waals surface area contributed by atoms with E-state index in [-0.39, 0.29) is 12.8 Å². The number of benzene rings is 1. The summed E-state index contributed by atoms with van der Waals surface area (Å²) >= 11 is 0. The fourth-order valence-electron chi connectivity index (χ4n) is 1.94. The van der Waals surface area contributed by atoms with Crippen LogP contribution in [0.4, 0.5) is 0 Å². The van der Waals surface area contributed by atoms with Crippen molar-refractivity contribution in [3.8, 4) is 17.2 Å². The third kappa shape index (κ3) is 3.53. The summed E-state index contributed by atoms with van der Waals surface area (Å²) in [5.74, 6) is 2.89. The second-order valence-electron chi connectivity index (χ2n) is 5.39. The van der Waals surface area contributed by atoms with Crippen molar-refractivity contribution in [1.29, 1.82) is 0 Å². The molecule has 1 aliphatic rings. The van der Waals surface area contributed by atoms with Crippen LogP contribution in [0.5, 0.6) is 17.2 Å². The molecule has 1 aliphatic heterocycles. The Morgan fingerprint density at radius 1 is 1.26 bits per heavy atom.